The molecule has 5 heteroatoms. The lowest BCUT2D eigenvalue weighted by Gasteiger charge is -2.54. The second kappa shape index (κ2) is 6.02. The number of rotatable bonds is 6. The number of benzene rings is 1. The highest BCUT2D eigenvalue weighted by Crippen LogP contribution is 2.47. The number of non-ortho nitro benzene ring substituents is 1. The van der Waals surface area contributed by atoms with E-state index in [1.807, 2.05) is 13.8 Å². The summed E-state index contributed by atoms with van der Waals surface area (Å²) in [5.74, 6) is 0. The summed E-state index contributed by atoms with van der Waals surface area (Å²) in [5.41, 5.74) is 2.08. The van der Waals surface area contributed by atoms with Gasteiger partial charge in [0.25, 0.3) is 5.69 Å². The van der Waals surface area contributed by atoms with Gasteiger partial charge in [0.1, 0.15) is 0 Å². The topological polar surface area (TPSA) is 64.4 Å². The second-order valence-corrected chi connectivity index (χ2v) is 5.99. The molecule has 0 spiro atoms. The van der Waals surface area contributed by atoms with Crippen LogP contribution in [0.2, 0.25) is 0 Å². The van der Waals surface area contributed by atoms with Crippen LogP contribution in [0.5, 0.6) is 0 Å². The first-order valence-electron chi connectivity index (χ1n) is 7.55. The first-order chi connectivity index (χ1) is 9.92. The Hall–Kier alpha value is -1.62. The SMILES string of the molecule is CCOC1CC(Nc2cc([N+](=O)[O-])ccc2C)C1(C)CC. The number of nitrogens with one attached hydrogen (secondary N) is 1. The van der Waals surface area contributed by atoms with Crippen LogP contribution in [-0.2, 0) is 4.74 Å². The zero-order chi connectivity index (χ0) is 15.6. The third-order valence-electron chi connectivity index (χ3n) is 4.87. The number of hydrogen-bond donors (Lipinski definition) is 1. The molecule has 0 heterocycles. The number of nitro groups is 1. The van der Waals surface area contributed by atoms with Crippen molar-refractivity contribution in [2.45, 2.75) is 52.7 Å². The smallest absolute Gasteiger partial charge is 0.271 e. The van der Waals surface area contributed by atoms with Crippen LogP contribution in [0.1, 0.15) is 39.2 Å². The van der Waals surface area contributed by atoms with Crippen LogP contribution in [0.3, 0.4) is 0 Å². The Morgan fingerprint density at radius 3 is 2.76 bits per heavy atom. The van der Waals surface area contributed by atoms with Crippen molar-refractivity contribution in [2.24, 2.45) is 5.41 Å². The average Bonchev–Trinajstić information content (AvgIpc) is 2.46. The Labute approximate surface area is 125 Å². The van der Waals surface area contributed by atoms with Gasteiger partial charge in [-0.25, -0.2) is 0 Å². The van der Waals surface area contributed by atoms with Crippen molar-refractivity contribution in [3.05, 3.63) is 33.9 Å². The molecule has 2 rings (SSSR count). The van der Waals surface area contributed by atoms with Crippen molar-refractivity contribution in [1.82, 2.24) is 0 Å². The molecule has 1 aromatic rings. The largest absolute Gasteiger partial charge is 0.381 e. The molecule has 3 unspecified atom stereocenters. The first kappa shape index (κ1) is 15.8. The predicted molar refractivity (Wildman–Crippen MR) is 83.7 cm³/mol. The number of nitro benzene ring substituents is 1. The van der Waals surface area contributed by atoms with Gasteiger partial charge in [-0.05, 0) is 32.3 Å². The molecule has 0 saturated heterocycles. The minimum absolute atomic E-state index is 0.0765. The van der Waals surface area contributed by atoms with E-state index in [-0.39, 0.29) is 22.1 Å². The number of anilines is 1. The summed E-state index contributed by atoms with van der Waals surface area (Å²) in [5, 5.41) is 14.4. The van der Waals surface area contributed by atoms with Crippen molar-refractivity contribution in [3.63, 3.8) is 0 Å². The van der Waals surface area contributed by atoms with Crippen LogP contribution < -0.4 is 5.32 Å². The van der Waals surface area contributed by atoms with Gasteiger partial charge in [0.15, 0.2) is 0 Å². The zero-order valence-electron chi connectivity index (χ0n) is 13.2. The van der Waals surface area contributed by atoms with Gasteiger partial charge in [-0.2, -0.15) is 0 Å². The van der Waals surface area contributed by atoms with Crippen LogP contribution in [0.25, 0.3) is 0 Å². The molecular formula is C16H24N2O3. The van der Waals surface area contributed by atoms with E-state index in [0.717, 1.165) is 30.7 Å². The molecule has 1 saturated carbocycles. The van der Waals surface area contributed by atoms with Gasteiger partial charge in [-0.3, -0.25) is 10.1 Å². The van der Waals surface area contributed by atoms with Gasteiger partial charge in [0.2, 0.25) is 0 Å². The maximum absolute atomic E-state index is 10.9. The summed E-state index contributed by atoms with van der Waals surface area (Å²) >= 11 is 0. The minimum Gasteiger partial charge on any atom is -0.381 e. The highest BCUT2D eigenvalue weighted by atomic mass is 16.6. The molecule has 1 aliphatic rings. The van der Waals surface area contributed by atoms with Crippen LogP contribution in [-0.4, -0.2) is 23.7 Å². The molecule has 0 aromatic heterocycles. The lowest BCUT2D eigenvalue weighted by Crippen LogP contribution is -2.59. The van der Waals surface area contributed by atoms with E-state index in [0.29, 0.717) is 6.04 Å². The van der Waals surface area contributed by atoms with Gasteiger partial charge in [0.05, 0.1) is 11.0 Å². The van der Waals surface area contributed by atoms with Crippen LogP contribution in [0.15, 0.2) is 18.2 Å². The number of hydrogen-bond acceptors (Lipinski definition) is 4. The van der Waals surface area contributed by atoms with Crippen LogP contribution in [0, 0.1) is 22.5 Å². The third-order valence-corrected chi connectivity index (χ3v) is 4.87. The molecule has 1 fully saturated rings. The van der Waals surface area contributed by atoms with E-state index < -0.39 is 0 Å². The molecule has 5 nitrogen and oxygen atoms in total. The molecular weight excluding hydrogens is 268 g/mol. The number of aryl methyl sites for hydroxylation is 1. The highest BCUT2D eigenvalue weighted by molar-refractivity contribution is 5.58. The van der Waals surface area contributed by atoms with Gasteiger partial charge < -0.3 is 10.1 Å². The Balaban J connectivity index is 2.15. The van der Waals surface area contributed by atoms with E-state index in [1.165, 1.54) is 0 Å². The quantitative estimate of drug-likeness (QED) is 0.637. The van der Waals surface area contributed by atoms with E-state index in [1.54, 1.807) is 18.2 Å². The van der Waals surface area contributed by atoms with Gasteiger partial charge in [-0.15, -0.1) is 0 Å². The third kappa shape index (κ3) is 2.88. The molecule has 21 heavy (non-hydrogen) atoms. The van der Waals surface area contributed by atoms with E-state index in [4.69, 9.17) is 4.74 Å². The fraction of sp³-hybridized carbons (Fsp3) is 0.625. The molecule has 3 atom stereocenters. The standard InChI is InChI=1S/C16H24N2O3/c1-5-16(4)14(10-15(16)21-6-2)17-13-9-12(18(19)20)8-7-11(13)3/h7-9,14-15,17H,5-6,10H2,1-4H3. The van der Waals surface area contributed by atoms with Crippen LogP contribution in [0.4, 0.5) is 11.4 Å². The fourth-order valence-electron chi connectivity index (χ4n) is 3.04. The summed E-state index contributed by atoms with van der Waals surface area (Å²) in [6, 6.07) is 5.25. The summed E-state index contributed by atoms with van der Waals surface area (Å²) < 4.78 is 5.80. The molecule has 1 aromatic carbocycles. The van der Waals surface area contributed by atoms with E-state index in [2.05, 4.69) is 19.2 Å². The molecule has 0 aliphatic heterocycles. The van der Waals surface area contributed by atoms with E-state index in [9.17, 15) is 10.1 Å². The molecule has 0 amide bonds. The molecule has 116 valence electrons. The normalized spacial score (nSPS) is 28.0. The average molecular weight is 292 g/mol. The van der Waals surface area contributed by atoms with Crippen molar-refractivity contribution in [2.75, 3.05) is 11.9 Å². The van der Waals surface area contributed by atoms with E-state index >= 15 is 0 Å². The van der Waals surface area contributed by atoms with Gasteiger partial charge in [0, 0.05) is 35.9 Å². The number of ether oxygens (including phenoxy) is 1. The van der Waals surface area contributed by atoms with Crippen LogP contribution >= 0.6 is 0 Å². The number of nitrogens with zero attached hydrogens (tertiary/aromatic N) is 1. The molecule has 0 radical (unpaired) electrons. The van der Waals surface area contributed by atoms with Crippen molar-refractivity contribution >= 4 is 11.4 Å². The van der Waals surface area contributed by atoms with Gasteiger partial charge >= 0.3 is 0 Å². The van der Waals surface area contributed by atoms with Gasteiger partial charge in [-0.1, -0.05) is 19.9 Å². The van der Waals surface area contributed by atoms with Crippen molar-refractivity contribution in [3.8, 4) is 0 Å². The Bertz CT molecular complexity index is 532. The summed E-state index contributed by atoms with van der Waals surface area (Å²) in [6.45, 7) is 9.10. The summed E-state index contributed by atoms with van der Waals surface area (Å²) in [4.78, 5) is 10.6. The lowest BCUT2D eigenvalue weighted by atomic mass is 9.61. The Kier molecular flexibility index (Phi) is 4.52. The molecule has 1 N–H and O–H groups in total. The maximum atomic E-state index is 10.9. The fourth-order valence-corrected chi connectivity index (χ4v) is 3.04. The van der Waals surface area contributed by atoms with Crippen molar-refractivity contribution in [1.29, 1.82) is 0 Å². The minimum atomic E-state index is -0.354. The van der Waals surface area contributed by atoms with Crippen molar-refractivity contribution < 1.29 is 9.66 Å². The highest BCUT2D eigenvalue weighted by Gasteiger charge is 2.51. The predicted octanol–water partition coefficient (Wildman–Crippen LogP) is 3.91. The summed E-state index contributed by atoms with van der Waals surface area (Å²) in [6.07, 6.45) is 2.23. The monoisotopic (exact) mass is 292 g/mol. The molecule has 1 aliphatic carbocycles. The maximum Gasteiger partial charge on any atom is 0.271 e. The molecule has 0 bridgehead atoms. The summed E-state index contributed by atoms with van der Waals surface area (Å²) in [7, 11) is 0. The second-order valence-electron chi connectivity index (χ2n) is 5.99. The lowest BCUT2D eigenvalue weighted by molar-refractivity contribution is -0.384. The first-order valence-corrected chi connectivity index (χ1v) is 7.55. The Morgan fingerprint density at radius 2 is 2.19 bits per heavy atom. The zero-order valence-corrected chi connectivity index (χ0v) is 13.2. The Morgan fingerprint density at radius 1 is 1.48 bits per heavy atom.